The lowest BCUT2D eigenvalue weighted by atomic mass is 9.72. The Morgan fingerprint density at radius 3 is 2.48 bits per heavy atom. The van der Waals surface area contributed by atoms with Crippen molar-refractivity contribution in [2.75, 3.05) is 0 Å². The fourth-order valence-electron chi connectivity index (χ4n) is 3.76. The second-order valence-electron chi connectivity index (χ2n) is 8.27. The molecule has 3 rings (SSSR count). The molecule has 8 heteroatoms. The zero-order valence-corrected chi connectivity index (χ0v) is 18.0. The van der Waals surface area contributed by atoms with E-state index in [9.17, 15) is 14.3 Å². The third-order valence-electron chi connectivity index (χ3n) is 5.04. The first kappa shape index (κ1) is 22.3. The third-order valence-corrected chi connectivity index (χ3v) is 5.31. The average Bonchev–Trinajstić information content (AvgIpc) is 3.08. The maximum atomic E-state index is 14.1. The predicted octanol–water partition coefficient (Wildman–Crippen LogP) is 5.88. The van der Waals surface area contributed by atoms with E-state index in [1.165, 1.54) is 12.1 Å². The molecule has 2 unspecified atom stereocenters. The number of benzene rings is 2. The number of H-pyrrole nitrogens is 1. The summed E-state index contributed by atoms with van der Waals surface area (Å²) in [6.45, 7) is 6.05. The van der Waals surface area contributed by atoms with E-state index >= 15 is 0 Å². The van der Waals surface area contributed by atoms with Gasteiger partial charge in [-0.15, -0.1) is 0 Å². The molecule has 1 amide bonds. The fraction of sp³-hybridized carbons (Fsp3) is 0.261. The van der Waals surface area contributed by atoms with Crippen molar-refractivity contribution in [3.05, 3.63) is 76.5 Å². The summed E-state index contributed by atoms with van der Waals surface area (Å²) in [6.07, 6.45) is -1.20. The van der Waals surface area contributed by atoms with Crippen LogP contribution in [0.25, 0.3) is 11.3 Å². The Morgan fingerprint density at radius 1 is 1.26 bits per heavy atom. The van der Waals surface area contributed by atoms with Crippen LogP contribution in [0.15, 0.2) is 48.5 Å². The minimum absolute atomic E-state index is 0.0853. The standard InChI is InChI=1S/C23H22ClFN4O2/c1-23(2,3)17(13-7-5-4-6-8-13)19(28-22(30)31)21-27-18(20(24)29-21)14-9-10-15(12-26)16(25)11-14/h4-11,17,19,28H,1-3H3,(H,27,29)(H,30,31). The average molecular weight is 441 g/mol. The van der Waals surface area contributed by atoms with Crippen molar-refractivity contribution in [1.29, 1.82) is 5.26 Å². The van der Waals surface area contributed by atoms with Crippen LogP contribution < -0.4 is 5.32 Å². The summed E-state index contributed by atoms with van der Waals surface area (Å²) in [5.41, 5.74) is 1.17. The number of nitriles is 1. The minimum Gasteiger partial charge on any atom is -0.465 e. The number of halogens is 2. The number of amides is 1. The van der Waals surface area contributed by atoms with Crippen molar-refractivity contribution in [3.63, 3.8) is 0 Å². The molecule has 3 aromatic rings. The van der Waals surface area contributed by atoms with E-state index in [4.69, 9.17) is 16.9 Å². The lowest BCUT2D eigenvalue weighted by Crippen LogP contribution is -2.37. The quantitative estimate of drug-likeness (QED) is 0.461. The maximum Gasteiger partial charge on any atom is 0.405 e. The van der Waals surface area contributed by atoms with E-state index in [0.29, 0.717) is 11.4 Å². The van der Waals surface area contributed by atoms with Crippen LogP contribution >= 0.6 is 11.6 Å². The number of carbonyl (C=O) groups is 1. The fourth-order valence-corrected chi connectivity index (χ4v) is 4.00. The highest BCUT2D eigenvalue weighted by atomic mass is 35.5. The van der Waals surface area contributed by atoms with Crippen molar-refractivity contribution < 1.29 is 14.3 Å². The molecule has 0 saturated heterocycles. The summed E-state index contributed by atoms with van der Waals surface area (Å²) in [4.78, 5) is 19.1. The summed E-state index contributed by atoms with van der Waals surface area (Å²) in [6, 6.07) is 14.7. The van der Waals surface area contributed by atoms with Crippen LogP contribution in [-0.4, -0.2) is 21.2 Å². The monoisotopic (exact) mass is 440 g/mol. The van der Waals surface area contributed by atoms with E-state index in [1.807, 2.05) is 51.1 Å². The van der Waals surface area contributed by atoms with Crippen molar-refractivity contribution >= 4 is 17.7 Å². The van der Waals surface area contributed by atoms with Gasteiger partial charge in [0.2, 0.25) is 0 Å². The summed E-state index contributed by atoms with van der Waals surface area (Å²) >= 11 is 6.37. The molecule has 2 atom stereocenters. The van der Waals surface area contributed by atoms with Crippen molar-refractivity contribution in [2.24, 2.45) is 5.41 Å². The summed E-state index contributed by atoms with van der Waals surface area (Å²) in [5.74, 6) is -0.647. The smallest absolute Gasteiger partial charge is 0.405 e. The van der Waals surface area contributed by atoms with Gasteiger partial charge in [0.15, 0.2) is 0 Å². The Labute approximate surface area is 184 Å². The topological polar surface area (TPSA) is 102 Å². The van der Waals surface area contributed by atoms with Crippen LogP contribution in [0.2, 0.25) is 5.15 Å². The van der Waals surface area contributed by atoms with E-state index < -0.39 is 18.0 Å². The Balaban J connectivity index is 2.12. The van der Waals surface area contributed by atoms with Crippen LogP contribution in [0.5, 0.6) is 0 Å². The molecule has 0 aliphatic rings. The van der Waals surface area contributed by atoms with Gasteiger partial charge in [0.25, 0.3) is 0 Å². The van der Waals surface area contributed by atoms with E-state index in [0.717, 1.165) is 5.56 Å². The van der Waals surface area contributed by atoms with Gasteiger partial charge in [-0.05, 0) is 23.1 Å². The van der Waals surface area contributed by atoms with Gasteiger partial charge < -0.3 is 15.4 Å². The molecule has 2 aromatic carbocycles. The van der Waals surface area contributed by atoms with Crippen LogP contribution in [0.4, 0.5) is 9.18 Å². The minimum atomic E-state index is -1.20. The van der Waals surface area contributed by atoms with Gasteiger partial charge in [0, 0.05) is 11.5 Å². The number of hydrogen-bond acceptors (Lipinski definition) is 3. The number of imidazole rings is 1. The van der Waals surface area contributed by atoms with E-state index in [-0.39, 0.29) is 27.7 Å². The van der Waals surface area contributed by atoms with E-state index in [2.05, 4.69) is 15.3 Å². The zero-order chi connectivity index (χ0) is 22.8. The van der Waals surface area contributed by atoms with Gasteiger partial charge in [-0.1, -0.05) is 68.8 Å². The number of nitrogens with one attached hydrogen (secondary N) is 2. The molecule has 0 saturated carbocycles. The van der Waals surface area contributed by atoms with Crippen molar-refractivity contribution in [3.8, 4) is 17.3 Å². The number of nitrogens with zero attached hydrogens (tertiary/aromatic N) is 2. The molecule has 160 valence electrons. The maximum absolute atomic E-state index is 14.1. The second kappa shape index (κ2) is 8.78. The third kappa shape index (κ3) is 4.86. The zero-order valence-electron chi connectivity index (χ0n) is 17.3. The number of aromatic amines is 1. The Hall–Kier alpha value is -3.37. The molecule has 0 bridgehead atoms. The highest BCUT2D eigenvalue weighted by Gasteiger charge is 2.37. The molecule has 31 heavy (non-hydrogen) atoms. The van der Waals surface area contributed by atoms with Gasteiger partial charge in [0.05, 0.1) is 11.6 Å². The molecule has 1 aromatic heterocycles. The van der Waals surface area contributed by atoms with E-state index in [1.54, 1.807) is 12.1 Å². The largest absolute Gasteiger partial charge is 0.465 e. The number of aromatic nitrogens is 2. The summed E-state index contributed by atoms with van der Waals surface area (Å²) in [7, 11) is 0. The van der Waals surface area contributed by atoms with Gasteiger partial charge in [-0.2, -0.15) is 5.26 Å². The van der Waals surface area contributed by atoms with Gasteiger partial charge in [-0.25, -0.2) is 14.2 Å². The number of hydrogen-bond donors (Lipinski definition) is 3. The van der Waals surface area contributed by atoms with Crippen LogP contribution in [0.3, 0.4) is 0 Å². The molecule has 1 heterocycles. The molecule has 6 nitrogen and oxygen atoms in total. The lowest BCUT2D eigenvalue weighted by molar-refractivity contribution is 0.176. The molecule has 0 aliphatic carbocycles. The Kier molecular flexibility index (Phi) is 6.32. The first-order chi connectivity index (χ1) is 14.6. The highest BCUT2D eigenvalue weighted by Crippen LogP contribution is 2.44. The molecular weight excluding hydrogens is 419 g/mol. The van der Waals surface area contributed by atoms with Gasteiger partial charge in [-0.3, -0.25) is 0 Å². The van der Waals surface area contributed by atoms with Crippen LogP contribution in [0.1, 0.15) is 49.7 Å². The van der Waals surface area contributed by atoms with Gasteiger partial charge in [0.1, 0.15) is 28.6 Å². The molecule has 3 N–H and O–H groups in total. The summed E-state index contributed by atoms with van der Waals surface area (Å²) < 4.78 is 14.1. The highest BCUT2D eigenvalue weighted by molar-refractivity contribution is 6.31. The molecule has 0 radical (unpaired) electrons. The molecular formula is C23H22ClFN4O2. The first-order valence-corrected chi connectivity index (χ1v) is 9.99. The second-order valence-corrected chi connectivity index (χ2v) is 8.65. The number of carboxylic acid groups (broad SMARTS) is 1. The van der Waals surface area contributed by atoms with Crippen molar-refractivity contribution in [1.82, 2.24) is 15.3 Å². The van der Waals surface area contributed by atoms with Crippen molar-refractivity contribution in [2.45, 2.75) is 32.7 Å². The Bertz CT molecular complexity index is 1130. The first-order valence-electron chi connectivity index (χ1n) is 9.61. The van der Waals surface area contributed by atoms with Crippen LogP contribution in [0, 0.1) is 22.6 Å². The molecule has 0 aliphatic heterocycles. The number of rotatable bonds is 5. The lowest BCUT2D eigenvalue weighted by Gasteiger charge is -2.36. The SMILES string of the molecule is CC(C)(C)C(c1ccccc1)C(NC(=O)O)c1nc(-c2ccc(C#N)c(F)c2)c(Cl)[nH]1. The molecule has 0 spiro atoms. The van der Waals surface area contributed by atoms with Crippen LogP contribution in [-0.2, 0) is 0 Å². The normalized spacial score (nSPS) is 13.3. The summed E-state index contributed by atoms with van der Waals surface area (Å²) in [5, 5.41) is 21.2. The van der Waals surface area contributed by atoms with Gasteiger partial charge >= 0.3 is 6.09 Å². The predicted molar refractivity (Wildman–Crippen MR) is 116 cm³/mol. The Morgan fingerprint density at radius 2 is 1.94 bits per heavy atom. The molecule has 0 fully saturated rings.